The number of carbonyl (C=O) groups is 2. The highest BCUT2D eigenvalue weighted by Crippen LogP contribution is 2.34. The maximum Gasteiger partial charge on any atom is 0.414 e. The number of unbranched alkanes of at least 4 members (excludes halogenated alkanes) is 2. The lowest BCUT2D eigenvalue weighted by Crippen LogP contribution is -2.42. The second-order valence-corrected chi connectivity index (χ2v) is 9.38. The topological polar surface area (TPSA) is 96.3 Å². The molecule has 0 saturated carbocycles. The molecule has 0 radical (unpaired) electrons. The molecule has 202 valence electrons. The first-order chi connectivity index (χ1) is 18.5. The van der Waals surface area contributed by atoms with Gasteiger partial charge in [0.1, 0.15) is 17.2 Å². The Hall–Kier alpha value is -3.84. The van der Waals surface area contributed by atoms with Gasteiger partial charge in [0.05, 0.1) is 6.61 Å². The summed E-state index contributed by atoms with van der Waals surface area (Å²) in [7, 11) is 0. The first-order valence-corrected chi connectivity index (χ1v) is 13.2. The monoisotopic (exact) mass is 519 g/mol. The highest BCUT2D eigenvalue weighted by atomic mass is 16.5. The van der Waals surface area contributed by atoms with E-state index in [0.717, 1.165) is 30.4 Å². The van der Waals surface area contributed by atoms with Gasteiger partial charge in [0, 0.05) is 18.5 Å². The number of aliphatic carboxylic acids is 2. The molecule has 1 fully saturated rings. The summed E-state index contributed by atoms with van der Waals surface area (Å²) >= 11 is 0. The summed E-state index contributed by atoms with van der Waals surface area (Å²) in [6, 6.07) is 28.8. The van der Waals surface area contributed by atoms with Crippen molar-refractivity contribution in [3.63, 3.8) is 0 Å². The normalized spacial score (nSPS) is 17.1. The lowest BCUT2D eigenvalue weighted by atomic mass is 9.81. The quantitative estimate of drug-likeness (QED) is 0.239. The summed E-state index contributed by atoms with van der Waals surface area (Å²) in [6.07, 6.45) is 5.07. The van der Waals surface area contributed by atoms with Gasteiger partial charge in [-0.25, -0.2) is 9.59 Å². The predicted molar refractivity (Wildman–Crippen MR) is 147 cm³/mol. The molecule has 3 aromatic carbocycles. The molecular weight excluding hydrogens is 482 g/mol. The summed E-state index contributed by atoms with van der Waals surface area (Å²) in [5.41, 5.74) is 1.44. The van der Waals surface area contributed by atoms with Crippen LogP contribution in [0.5, 0.6) is 17.2 Å². The number of rotatable bonds is 10. The molecule has 38 heavy (non-hydrogen) atoms. The van der Waals surface area contributed by atoms with Crippen LogP contribution in [0.15, 0.2) is 84.9 Å². The zero-order chi connectivity index (χ0) is 27.2. The van der Waals surface area contributed by atoms with Crippen molar-refractivity contribution in [1.82, 2.24) is 4.90 Å². The van der Waals surface area contributed by atoms with Crippen molar-refractivity contribution in [2.75, 3.05) is 26.2 Å². The van der Waals surface area contributed by atoms with Crippen LogP contribution in [0.1, 0.15) is 44.1 Å². The number of ether oxygens (including phenoxy) is 2. The molecule has 1 saturated heterocycles. The van der Waals surface area contributed by atoms with E-state index in [1.165, 1.54) is 44.3 Å². The Bertz CT molecular complexity index is 1110. The van der Waals surface area contributed by atoms with Gasteiger partial charge in [0.2, 0.25) is 0 Å². The number of para-hydroxylation sites is 1. The Labute approximate surface area is 224 Å². The number of carboxylic acids is 2. The van der Waals surface area contributed by atoms with Crippen LogP contribution in [0.3, 0.4) is 0 Å². The fraction of sp³-hybridized carbons (Fsp3) is 0.355. The van der Waals surface area contributed by atoms with Gasteiger partial charge in [0.25, 0.3) is 0 Å². The third-order valence-electron chi connectivity index (χ3n) is 6.56. The Morgan fingerprint density at radius 1 is 0.842 bits per heavy atom. The van der Waals surface area contributed by atoms with E-state index in [2.05, 4.69) is 42.2 Å². The minimum absolute atomic E-state index is 0.478. The number of hydrogen-bond donors (Lipinski definition) is 2. The minimum Gasteiger partial charge on any atom is -0.493 e. The van der Waals surface area contributed by atoms with Crippen LogP contribution < -0.4 is 9.47 Å². The van der Waals surface area contributed by atoms with Gasteiger partial charge in [-0.2, -0.15) is 0 Å². The van der Waals surface area contributed by atoms with E-state index in [9.17, 15) is 0 Å². The number of carboxylic acid groups (broad SMARTS) is 2. The summed E-state index contributed by atoms with van der Waals surface area (Å²) in [5.74, 6) is -0.117. The van der Waals surface area contributed by atoms with Gasteiger partial charge in [-0.1, -0.05) is 74.4 Å². The number of hydrogen-bond acceptors (Lipinski definition) is 5. The van der Waals surface area contributed by atoms with E-state index in [1.54, 1.807) is 0 Å². The van der Waals surface area contributed by atoms with Crippen LogP contribution in [0, 0.1) is 5.92 Å². The lowest BCUT2D eigenvalue weighted by molar-refractivity contribution is -0.159. The minimum atomic E-state index is -1.82. The molecule has 7 nitrogen and oxygen atoms in total. The standard InChI is InChI=1S/C29H35NO2.C2H2O4/c1-2-3-10-19-30-20-18-29(24-12-6-4-7-13-24)25(22-30)23-31-27-16-11-17-28(21-27)32-26-14-8-5-9-15-26;3-1(4)2(5)6/h4-9,11-17,21,25,29H,2-3,10,18-20,22-23H2,1H3;(H,3,4)(H,5,6)/t25-,29-;/m1./s1. The Balaban J connectivity index is 0.000000599. The molecule has 3 aromatic rings. The first-order valence-electron chi connectivity index (χ1n) is 13.2. The second-order valence-electron chi connectivity index (χ2n) is 9.38. The molecule has 1 aliphatic rings. The molecule has 0 bridgehead atoms. The van der Waals surface area contributed by atoms with E-state index >= 15 is 0 Å². The number of likely N-dealkylation sites (tertiary alicyclic amines) is 1. The lowest BCUT2D eigenvalue weighted by Gasteiger charge is -2.39. The molecule has 0 amide bonds. The van der Waals surface area contributed by atoms with E-state index in [1.807, 2.05) is 54.6 Å². The summed E-state index contributed by atoms with van der Waals surface area (Å²) < 4.78 is 12.3. The van der Waals surface area contributed by atoms with E-state index in [0.29, 0.717) is 11.8 Å². The van der Waals surface area contributed by atoms with E-state index in [4.69, 9.17) is 29.3 Å². The molecule has 7 heteroatoms. The number of nitrogens with zero attached hydrogens (tertiary/aromatic N) is 1. The second kappa shape index (κ2) is 15.4. The Kier molecular flexibility index (Phi) is 11.7. The highest BCUT2D eigenvalue weighted by Gasteiger charge is 2.30. The van der Waals surface area contributed by atoms with E-state index < -0.39 is 11.9 Å². The number of piperidine rings is 1. The first kappa shape index (κ1) is 28.7. The fourth-order valence-electron chi connectivity index (χ4n) is 4.66. The molecule has 0 aromatic heterocycles. The molecule has 2 atom stereocenters. The van der Waals surface area contributed by atoms with Crippen LogP contribution in [0.4, 0.5) is 0 Å². The average Bonchev–Trinajstić information content (AvgIpc) is 2.94. The van der Waals surface area contributed by atoms with E-state index in [-0.39, 0.29) is 0 Å². The summed E-state index contributed by atoms with van der Waals surface area (Å²) in [6.45, 7) is 6.47. The summed E-state index contributed by atoms with van der Waals surface area (Å²) in [5, 5.41) is 14.8. The molecule has 2 N–H and O–H groups in total. The molecule has 1 heterocycles. The van der Waals surface area contributed by atoms with Crippen molar-refractivity contribution in [3.8, 4) is 17.2 Å². The van der Waals surface area contributed by atoms with Gasteiger partial charge in [-0.3, -0.25) is 0 Å². The van der Waals surface area contributed by atoms with Gasteiger partial charge in [-0.15, -0.1) is 0 Å². The van der Waals surface area contributed by atoms with Crippen LogP contribution in [-0.4, -0.2) is 53.3 Å². The Morgan fingerprint density at radius 2 is 1.47 bits per heavy atom. The largest absolute Gasteiger partial charge is 0.493 e. The Morgan fingerprint density at radius 3 is 2.13 bits per heavy atom. The van der Waals surface area contributed by atoms with Crippen molar-refractivity contribution in [3.05, 3.63) is 90.5 Å². The van der Waals surface area contributed by atoms with Gasteiger partial charge < -0.3 is 24.6 Å². The third-order valence-corrected chi connectivity index (χ3v) is 6.56. The van der Waals surface area contributed by atoms with Crippen LogP contribution >= 0.6 is 0 Å². The molecule has 0 unspecified atom stereocenters. The average molecular weight is 520 g/mol. The molecule has 0 spiro atoms. The van der Waals surface area contributed by atoms with Crippen LogP contribution in [-0.2, 0) is 9.59 Å². The summed E-state index contributed by atoms with van der Waals surface area (Å²) in [4.78, 5) is 20.8. The predicted octanol–water partition coefficient (Wildman–Crippen LogP) is 6.31. The molecule has 1 aliphatic heterocycles. The van der Waals surface area contributed by atoms with Crippen molar-refractivity contribution in [2.24, 2.45) is 5.92 Å². The van der Waals surface area contributed by atoms with Crippen molar-refractivity contribution in [2.45, 2.75) is 38.5 Å². The zero-order valence-electron chi connectivity index (χ0n) is 21.9. The molecule has 0 aliphatic carbocycles. The SMILES string of the molecule is CCCCCN1CC[C@H](c2ccccc2)[C@@H](COc2cccc(Oc3ccccc3)c2)C1.O=C(O)C(=O)O. The van der Waals surface area contributed by atoms with Gasteiger partial charge in [0.15, 0.2) is 0 Å². The number of benzene rings is 3. The third kappa shape index (κ3) is 9.56. The van der Waals surface area contributed by atoms with Crippen molar-refractivity contribution >= 4 is 11.9 Å². The highest BCUT2D eigenvalue weighted by molar-refractivity contribution is 6.27. The smallest absolute Gasteiger partial charge is 0.414 e. The van der Waals surface area contributed by atoms with Crippen LogP contribution in [0.25, 0.3) is 0 Å². The van der Waals surface area contributed by atoms with Gasteiger partial charge in [-0.05, 0) is 61.7 Å². The van der Waals surface area contributed by atoms with Gasteiger partial charge >= 0.3 is 11.9 Å². The molecular formula is C31H37NO6. The van der Waals surface area contributed by atoms with Crippen LogP contribution in [0.2, 0.25) is 0 Å². The maximum absolute atomic E-state index is 9.10. The van der Waals surface area contributed by atoms with Crippen molar-refractivity contribution < 1.29 is 29.3 Å². The van der Waals surface area contributed by atoms with Crippen molar-refractivity contribution in [1.29, 1.82) is 0 Å². The molecule has 4 rings (SSSR count). The fourth-order valence-corrected chi connectivity index (χ4v) is 4.66. The maximum atomic E-state index is 9.10. The zero-order valence-corrected chi connectivity index (χ0v) is 21.9.